The second-order valence-corrected chi connectivity index (χ2v) is 10.8. The lowest BCUT2D eigenvalue weighted by Crippen LogP contribution is -2.44. The summed E-state index contributed by atoms with van der Waals surface area (Å²) in [5.74, 6) is -0.501. The van der Waals surface area contributed by atoms with Crippen molar-refractivity contribution in [1.82, 2.24) is 15.2 Å². The maximum Gasteiger partial charge on any atom is 0.305 e. The van der Waals surface area contributed by atoms with Crippen LogP contribution in [0.15, 0.2) is 30.3 Å². The van der Waals surface area contributed by atoms with E-state index in [2.05, 4.69) is 27.7 Å². The van der Waals surface area contributed by atoms with Crippen LogP contribution in [0.2, 0.25) is 0 Å². The molecule has 2 atom stereocenters. The third-order valence-corrected chi connectivity index (χ3v) is 7.87. The van der Waals surface area contributed by atoms with Gasteiger partial charge in [-0.3, -0.25) is 9.59 Å². The molecule has 8 heteroatoms. The molecule has 2 aliphatic heterocycles. The number of aliphatic carboxylic acids is 1. The number of piperidine rings is 1. The first-order valence-corrected chi connectivity index (χ1v) is 13.7. The Kier molecular flexibility index (Phi) is 8.03. The molecule has 3 aliphatic rings. The second kappa shape index (κ2) is 11.6. The number of pyridine rings is 1. The van der Waals surface area contributed by atoms with Crippen molar-refractivity contribution in [3.63, 3.8) is 0 Å². The normalized spacial score (nSPS) is 20.5. The Morgan fingerprint density at radius 3 is 2.86 bits per heavy atom. The topological polar surface area (TPSA) is 94.6 Å². The minimum absolute atomic E-state index is 0.186. The van der Waals surface area contributed by atoms with E-state index >= 15 is 0 Å². The van der Waals surface area contributed by atoms with E-state index in [0.717, 1.165) is 88.1 Å². The lowest BCUT2D eigenvalue weighted by Gasteiger charge is -2.33. The van der Waals surface area contributed by atoms with Gasteiger partial charge >= 0.3 is 5.97 Å². The van der Waals surface area contributed by atoms with Crippen LogP contribution >= 0.6 is 0 Å². The number of anilines is 1. The molecule has 0 spiro atoms. The first-order chi connectivity index (χ1) is 18.0. The number of carboxylic acids is 1. The van der Waals surface area contributed by atoms with Gasteiger partial charge in [0, 0.05) is 24.3 Å². The Balaban J connectivity index is 1.16. The number of hydrogen-bond acceptors (Lipinski definition) is 5. The molecule has 1 aliphatic carbocycles. The molecule has 198 valence electrons. The van der Waals surface area contributed by atoms with E-state index in [1.54, 1.807) is 12.1 Å². The fraction of sp³-hybridized carbons (Fsp3) is 0.552. The van der Waals surface area contributed by atoms with Gasteiger partial charge in [-0.1, -0.05) is 18.2 Å². The highest BCUT2D eigenvalue weighted by molar-refractivity contribution is 5.80. The van der Waals surface area contributed by atoms with Crippen molar-refractivity contribution in [2.24, 2.45) is 5.92 Å². The van der Waals surface area contributed by atoms with Gasteiger partial charge in [0.1, 0.15) is 11.6 Å². The number of carbonyl (C=O) groups is 2. The highest BCUT2D eigenvalue weighted by atomic mass is 19.1. The minimum Gasteiger partial charge on any atom is -0.481 e. The molecule has 0 radical (unpaired) electrons. The number of aromatic nitrogens is 1. The maximum absolute atomic E-state index is 14.7. The van der Waals surface area contributed by atoms with Crippen LogP contribution < -0.4 is 10.6 Å². The number of hydrogen-bond donors (Lipinski definition) is 3. The number of halogens is 1. The third-order valence-electron chi connectivity index (χ3n) is 7.87. The van der Waals surface area contributed by atoms with Crippen molar-refractivity contribution in [1.29, 1.82) is 0 Å². The Morgan fingerprint density at radius 1 is 1.19 bits per heavy atom. The molecule has 2 fully saturated rings. The lowest BCUT2D eigenvalue weighted by atomic mass is 9.94. The van der Waals surface area contributed by atoms with Crippen molar-refractivity contribution >= 4 is 17.7 Å². The number of benzene rings is 1. The van der Waals surface area contributed by atoms with Crippen LogP contribution in [0.25, 0.3) is 0 Å². The molecule has 3 heterocycles. The van der Waals surface area contributed by atoms with Gasteiger partial charge in [0.25, 0.3) is 0 Å². The average molecular weight is 509 g/mol. The van der Waals surface area contributed by atoms with Crippen molar-refractivity contribution in [3.05, 3.63) is 58.5 Å². The minimum atomic E-state index is -1.06. The standard InChI is InChI=1S/C29H37FN4O3/c30-25-12-10-21(19-7-8-19)16-24(25)26(17-27(35)36)33-29(37)22-5-2-14-34(18-22)15-3-6-23-11-9-20-4-1-13-31-28(20)32-23/h9-12,16,19,22,26H,1-8,13-15,17-18H2,(H,31,32)(H,33,37)(H,35,36). The first kappa shape index (κ1) is 25.6. The Labute approximate surface area is 217 Å². The van der Waals surface area contributed by atoms with Crippen LogP contribution in [-0.4, -0.2) is 53.0 Å². The number of fused-ring (bicyclic) bond motifs is 1. The van der Waals surface area contributed by atoms with Crippen LogP contribution in [0.5, 0.6) is 0 Å². The third kappa shape index (κ3) is 6.66. The summed E-state index contributed by atoms with van der Waals surface area (Å²) in [5.41, 5.74) is 3.68. The van der Waals surface area contributed by atoms with Crippen LogP contribution in [0.4, 0.5) is 10.2 Å². The van der Waals surface area contributed by atoms with E-state index < -0.39 is 17.8 Å². The highest BCUT2D eigenvalue weighted by Crippen LogP contribution is 2.41. The van der Waals surface area contributed by atoms with E-state index in [0.29, 0.717) is 12.5 Å². The lowest BCUT2D eigenvalue weighted by molar-refractivity contribution is -0.138. The molecule has 1 saturated carbocycles. The van der Waals surface area contributed by atoms with Gasteiger partial charge in [0.05, 0.1) is 18.4 Å². The van der Waals surface area contributed by atoms with E-state index in [4.69, 9.17) is 4.98 Å². The largest absolute Gasteiger partial charge is 0.481 e. The van der Waals surface area contributed by atoms with Crippen molar-refractivity contribution < 1.29 is 19.1 Å². The van der Waals surface area contributed by atoms with E-state index in [-0.39, 0.29) is 23.8 Å². The molecule has 2 aromatic rings. The zero-order chi connectivity index (χ0) is 25.8. The number of nitrogens with zero attached hydrogens (tertiary/aromatic N) is 2. The molecule has 1 aromatic carbocycles. The number of carboxylic acid groups (broad SMARTS) is 1. The van der Waals surface area contributed by atoms with Crippen LogP contribution in [0.1, 0.15) is 79.3 Å². The summed E-state index contributed by atoms with van der Waals surface area (Å²) in [7, 11) is 0. The summed E-state index contributed by atoms with van der Waals surface area (Å²) in [6.45, 7) is 3.44. The summed E-state index contributed by atoms with van der Waals surface area (Å²) in [4.78, 5) is 31.9. The molecular formula is C29H37FN4O3. The number of nitrogens with one attached hydrogen (secondary N) is 2. The summed E-state index contributed by atoms with van der Waals surface area (Å²) in [6.07, 6.45) is 7.54. The molecular weight excluding hydrogens is 471 g/mol. The van der Waals surface area contributed by atoms with E-state index in [1.165, 1.54) is 11.6 Å². The van der Waals surface area contributed by atoms with Gasteiger partial charge in [-0.05, 0) is 93.6 Å². The fourth-order valence-corrected chi connectivity index (χ4v) is 5.67. The zero-order valence-corrected chi connectivity index (χ0v) is 21.3. The SMILES string of the molecule is O=C(O)CC(NC(=O)C1CCCN(CCCc2ccc3c(n2)NCCC3)C1)c1cc(C2CC2)ccc1F. The summed E-state index contributed by atoms with van der Waals surface area (Å²) in [5, 5.41) is 15.7. The van der Waals surface area contributed by atoms with Crippen molar-refractivity contribution in [3.8, 4) is 0 Å². The highest BCUT2D eigenvalue weighted by Gasteiger charge is 2.30. The molecule has 5 rings (SSSR count). The Morgan fingerprint density at radius 2 is 2.05 bits per heavy atom. The van der Waals surface area contributed by atoms with Gasteiger partial charge in [0.2, 0.25) is 5.91 Å². The molecule has 7 nitrogen and oxygen atoms in total. The van der Waals surface area contributed by atoms with Gasteiger partial charge in [-0.15, -0.1) is 0 Å². The van der Waals surface area contributed by atoms with Crippen LogP contribution in [0.3, 0.4) is 0 Å². The molecule has 3 N–H and O–H groups in total. The number of amides is 1. The number of likely N-dealkylation sites (tertiary alicyclic amines) is 1. The number of aryl methyl sites for hydroxylation is 2. The predicted octanol–water partition coefficient (Wildman–Crippen LogP) is 4.43. The van der Waals surface area contributed by atoms with Crippen molar-refractivity contribution in [2.45, 2.75) is 69.7 Å². The average Bonchev–Trinajstić information content (AvgIpc) is 3.74. The number of carbonyl (C=O) groups excluding carboxylic acids is 1. The zero-order valence-electron chi connectivity index (χ0n) is 21.3. The predicted molar refractivity (Wildman–Crippen MR) is 140 cm³/mol. The van der Waals surface area contributed by atoms with Crippen molar-refractivity contribution in [2.75, 3.05) is 31.5 Å². The Bertz CT molecular complexity index is 1140. The van der Waals surface area contributed by atoms with Gasteiger partial charge < -0.3 is 20.6 Å². The monoisotopic (exact) mass is 508 g/mol. The maximum atomic E-state index is 14.7. The summed E-state index contributed by atoms with van der Waals surface area (Å²) in [6, 6.07) is 8.35. The van der Waals surface area contributed by atoms with E-state index in [9.17, 15) is 19.1 Å². The smallest absolute Gasteiger partial charge is 0.305 e. The fourth-order valence-electron chi connectivity index (χ4n) is 5.67. The van der Waals surface area contributed by atoms with Gasteiger partial charge in [0.15, 0.2) is 0 Å². The van der Waals surface area contributed by atoms with Gasteiger partial charge in [-0.25, -0.2) is 9.37 Å². The summed E-state index contributed by atoms with van der Waals surface area (Å²) >= 11 is 0. The number of rotatable bonds is 10. The summed E-state index contributed by atoms with van der Waals surface area (Å²) < 4.78 is 14.7. The molecule has 37 heavy (non-hydrogen) atoms. The molecule has 0 bridgehead atoms. The second-order valence-electron chi connectivity index (χ2n) is 10.8. The molecule has 1 amide bonds. The van der Waals surface area contributed by atoms with Crippen LogP contribution in [0, 0.1) is 11.7 Å². The van der Waals surface area contributed by atoms with Gasteiger partial charge in [-0.2, -0.15) is 0 Å². The first-order valence-electron chi connectivity index (χ1n) is 13.7. The Hall–Kier alpha value is -3.00. The molecule has 1 aromatic heterocycles. The van der Waals surface area contributed by atoms with Crippen LogP contribution in [-0.2, 0) is 22.4 Å². The molecule has 1 saturated heterocycles. The molecule has 2 unspecified atom stereocenters. The van der Waals surface area contributed by atoms with E-state index in [1.807, 2.05) is 0 Å². The quantitative estimate of drug-likeness (QED) is 0.440.